The molecule has 0 saturated carbocycles. The summed E-state index contributed by atoms with van der Waals surface area (Å²) in [6.07, 6.45) is 4.95. The third-order valence-electron chi connectivity index (χ3n) is 6.57. The summed E-state index contributed by atoms with van der Waals surface area (Å²) in [6.45, 7) is 2.58. The molecule has 1 amide bonds. The number of fused-ring (bicyclic) bond motifs is 1. The Balaban J connectivity index is 1.53. The van der Waals surface area contributed by atoms with Crippen LogP contribution < -0.4 is 21.1 Å². The van der Waals surface area contributed by atoms with Gasteiger partial charge in [0.15, 0.2) is 0 Å². The summed E-state index contributed by atoms with van der Waals surface area (Å²) in [6, 6.07) is 6.66. The number of methoxy groups -OCH3 is 1. The fraction of sp³-hybridized carbons (Fsp3) is 0.407. The molecule has 10 nitrogen and oxygen atoms in total. The molecule has 1 aliphatic heterocycles. The summed E-state index contributed by atoms with van der Waals surface area (Å²) in [4.78, 5) is 35.4. The molecule has 1 saturated heterocycles. The van der Waals surface area contributed by atoms with E-state index in [9.17, 15) is 19.1 Å². The van der Waals surface area contributed by atoms with Crippen LogP contribution in [0.15, 0.2) is 36.7 Å². The number of carbonyl (C=O) groups is 2. The lowest BCUT2D eigenvalue weighted by molar-refractivity contribution is -0.137. The molecule has 1 unspecified atom stereocenters. The minimum absolute atomic E-state index is 0.0285. The Morgan fingerprint density at radius 1 is 1.23 bits per heavy atom. The van der Waals surface area contributed by atoms with Gasteiger partial charge in [-0.1, -0.05) is 18.0 Å². The number of carboxylic acid groups (broad SMARTS) is 1. The molecule has 2 heterocycles. The largest absolute Gasteiger partial charge is 0.494 e. The number of thioether (sulfide) groups is 1. The van der Waals surface area contributed by atoms with E-state index in [4.69, 9.17) is 22.1 Å². The molecule has 1 aliphatic rings. The number of nitrogens with zero attached hydrogens (tertiary/aromatic N) is 3. The van der Waals surface area contributed by atoms with E-state index < -0.39 is 17.8 Å². The second-order valence-corrected chi connectivity index (χ2v) is 11.3. The number of carboxylic acids is 1. The Bertz CT molecular complexity index is 1360. The van der Waals surface area contributed by atoms with Gasteiger partial charge >= 0.3 is 5.97 Å². The molecule has 2 aromatic carbocycles. The van der Waals surface area contributed by atoms with Crippen LogP contribution in [0, 0.1) is 5.82 Å². The summed E-state index contributed by atoms with van der Waals surface area (Å²) in [7, 11) is 1.50. The summed E-state index contributed by atoms with van der Waals surface area (Å²) >= 11 is 7.33. The van der Waals surface area contributed by atoms with E-state index in [1.165, 1.54) is 49.8 Å². The summed E-state index contributed by atoms with van der Waals surface area (Å²) in [5.74, 6) is -0.774. The number of nitrogens with one attached hydrogen (secondary N) is 2. The predicted octanol–water partition coefficient (Wildman–Crippen LogP) is 4.50. The maximum atomic E-state index is 13.6. The van der Waals surface area contributed by atoms with Gasteiger partial charge in [-0.15, -0.1) is 0 Å². The average Bonchev–Trinajstić information content (AvgIpc) is 2.94. The first-order chi connectivity index (χ1) is 19.2. The molecule has 13 heteroatoms. The monoisotopic (exact) mass is 590 g/mol. The van der Waals surface area contributed by atoms with Gasteiger partial charge in [0, 0.05) is 41.1 Å². The number of hydrogen-bond acceptors (Lipinski definition) is 9. The number of aromatic nitrogens is 2. The van der Waals surface area contributed by atoms with Crippen molar-refractivity contribution in [3.05, 3.63) is 47.5 Å². The molecule has 40 heavy (non-hydrogen) atoms. The zero-order chi connectivity index (χ0) is 28.6. The molecule has 2 atom stereocenters. The van der Waals surface area contributed by atoms with Gasteiger partial charge in [-0.3, -0.25) is 9.59 Å². The van der Waals surface area contributed by atoms with Crippen molar-refractivity contribution in [3.63, 3.8) is 0 Å². The predicted molar refractivity (Wildman–Crippen MR) is 156 cm³/mol. The number of benzene rings is 2. The Kier molecular flexibility index (Phi) is 10.4. The number of halogens is 2. The molecule has 3 aromatic rings. The first-order valence-corrected chi connectivity index (χ1v) is 14.3. The smallest absolute Gasteiger partial charge is 0.321 e. The number of rotatable bonds is 12. The van der Waals surface area contributed by atoms with Gasteiger partial charge in [-0.2, -0.15) is 11.8 Å². The van der Waals surface area contributed by atoms with Crippen molar-refractivity contribution in [2.45, 2.75) is 37.0 Å². The lowest BCUT2D eigenvalue weighted by atomic mass is 10.1. The molecule has 4 rings (SSSR count). The van der Waals surface area contributed by atoms with E-state index in [1.54, 1.807) is 12.1 Å². The minimum atomic E-state index is -1.07. The van der Waals surface area contributed by atoms with E-state index >= 15 is 0 Å². The highest BCUT2D eigenvalue weighted by molar-refractivity contribution is 8.00. The molecule has 0 bridgehead atoms. The average molecular weight is 591 g/mol. The number of ether oxygens (including phenoxy) is 1. The van der Waals surface area contributed by atoms with Crippen LogP contribution in [0.5, 0.6) is 5.75 Å². The first-order valence-electron chi connectivity index (χ1n) is 12.9. The molecule has 1 aromatic heterocycles. The van der Waals surface area contributed by atoms with Crippen molar-refractivity contribution in [3.8, 4) is 5.75 Å². The second-order valence-electron chi connectivity index (χ2n) is 9.56. The molecular weight excluding hydrogens is 559 g/mol. The van der Waals surface area contributed by atoms with E-state index in [-0.39, 0.29) is 28.4 Å². The van der Waals surface area contributed by atoms with Gasteiger partial charge in [0.1, 0.15) is 29.8 Å². The standard InChI is InChI=1S/C27H32ClFN6O4S/c1-39-24-12-22-18(26(32-15-31-22)33-16-5-6-20(29)19(28)9-16)11-23(24)34-25(36)10-17(40-14-21(30)27(37)38)13-35-7-3-2-4-8-35/h5-6,9,11-12,15,17,21H,2-4,7-8,10,13-14,30H2,1H3,(H,34,36)(H,37,38)(H,31,32,33)/t17?,21-/m0/s1. The van der Waals surface area contributed by atoms with Crippen LogP contribution in [0.1, 0.15) is 25.7 Å². The van der Waals surface area contributed by atoms with Crippen molar-refractivity contribution in [2.24, 2.45) is 5.73 Å². The normalized spacial score (nSPS) is 15.4. The van der Waals surface area contributed by atoms with E-state index in [2.05, 4.69) is 25.5 Å². The van der Waals surface area contributed by atoms with Crippen LogP contribution in [0.4, 0.5) is 21.6 Å². The highest BCUT2D eigenvalue weighted by Gasteiger charge is 2.23. The molecule has 0 spiro atoms. The van der Waals surface area contributed by atoms with Gasteiger partial charge in [0.2, 0.25) is 5.91 Å². The number of carbonyl (C=O) groups excluding carboxylic acids is 1. The highest BCUT2D eigenvalue weighted by atomic mass is 35.5. The zero-order valence-corrected chi connectivity index (χ0v) is 23.6. The molecular formula is C27H32ClFN6O4S. The van der Waals surface area contributed by atoms with Crippen LogP contribution in [-0.4, -0.2) is 75.6 Å². The maximum absolute atomic E-state index is 13.6. The van der Waals surface area contributed by atoms with Crippen LogP contribution in [0.2, 0.25) is 5.02 Å². The van der Waals surface area contributed by atoms with Crippen LogP contribution in [-0.2, 0) is 9.59 Å². The third kappa shape index (κ3) is 7.94. The number of likely N-dealkylation sites (tertiary alicyclic amines) is 1. The molecule has 0 radical (unpaired) electrons. The number of anilines is 3. The van der Waals surface area contributed by atoms with Crippen molar-refractivity contribution in [1.29, 1.82) is 0 Å². The van der Waals surface area contributed by atoms with Gasteiger partial charge in [0.25, 0.3) is 0 Å². The Morgan fingerprint density at radius 3 is 2.70 bits per heavy atom. The molecule has 214 valence electrons. The maximum Gasteiger partial charge on any atom is 0.321 e. The summed E-state index contributed by atoms with van der Waals surface area (Å²) in [5, 5.41) is 15.7. The molecule has 5 N–H and O–H groups in total. The number of piperidine rings is 1. The lowest BCUT2D eigenvalue weighted by Crippen LogP contribution is -2.38. The van der Waals surface area contributed by atoms with Crippen LogP contribution in [0.25, 0.3) is 10.9 Å². The molecule has 1 fully saturated rings. The zero-order valence-electron chi connectivity index (χ0n) is 22.0. The Labute approximate surface area is 240 Å². The van der Waals surface area contributed by atoms with Crippen LogP contribution in [0.3, 0.4) is 0 Å². The van der Waals surface area contributed by atoms with Crippen molar-refractivity contribution in [1.82, 2.24) is 14.9 Å². The van der Waals surface area contributed by atoms with Gasteiger partial charge < -0.3 is 31.1 Å². The van der Waals surface area contributed by atoms with Crippen molar-refractivity contribution >= 4 is 63.3 Å². The topological polar surface area (TPSA) is 143 Å². The number of nitrogens with two attached hydrogens (primary N) is 1. The van der Waals surface area contributed by atoms with Gasteiger partial charge in [-0.25, -0.2) is 14.4 Å². The summed E-state index contributed by atoms with van der Waals surface area (Å²) in [5.41, 5.74) is 7.27. The third-order valence-corrected chi connectivity index (χ3v) is 8.19. The fourth-order valence-electron chi connectivity index (χ4n) is 4.49. The highest BCUT2D eigenvalue weighted by Crippen LogP contribution is 2.34. The second kappa shape index (κ2) is 13.9. The van der Waals surface area contributed by atoms with Crippen molar-refractivity contribution in [2.75, 3.05) is 43.1 Å². The summed E-state index contributed by atoms with van der Waals surface area (Å²) < 4.78 is 19.1. The van der Waals surface area contributed by atoms with E-state index in [0.29, 0.717) is 40.4 Å². The molecule has 0 aliphatic carbocycles. The fourth-order valence-corrected chi connectivity index (χ4v) is 5.87. The number of hydrogen-bond donors (Lipinski definition) is 4. The first kappa shape index (κ1) is 29.8. The van der Waals surface area contributed by atoms with Crippen LogP contribution >= 0.6 is 23.4 Å². The van der Waals surface area contributed by atoms with E-state index in [0.717, 1.165) is 25.9 Å². The Morgan fingerprint density at radius 2 is 2.00 bits per heavy atom. The lowest BCUT2D eigenvalue weighted by Gasteiger charge is -2.30. The Hall–Kier alpha value is -3.19. The quantitative estimate of drug-likeness (QED) is 0.238. The van der Waals surface area contributed by atoms with E-state index in [1.807, 2.05) is 0 Å². The van der Waals surface area contributed by atoms with Gasteiger partial charge in [-0.05, 0) is 50.2 Å². The van der Waals surface area contributed by atoms with Crippen molar-refractivity contribution < 1.29 is 23.8 Å². The number of amides is 1. The SMILES string of the molecule is COc1cc2ncnc(Nc3ccc(F)c(Cl)c3)c2cc1NC(=O)CC(CN1CCCCC1)SC[C@H](N)C(=O)O. The minimum Gasteiger partial charge on any atom is -0.494 e. The number of aliphatic carboxylic acids is 1. The van der Waals surface area contributed by atoms with Gasteiger partial charge in [0.05, 0.1) is 23.3 Å².